The molecule has 0 aliphatic heterocycles. The van der Waals surface area contributed by atoms with Crippen LogP contribution in [0.15, 0.2) is 16.7 Å². The summed E-state index contributed by atoms with van der Waals surface area (Å²) >= 11 is 0. The molecule has 0 saturated carbocycles. The molecule has 0 amide bonds. The van der Waals surface area contributed by atoms with E-state index < -0.39 is 5.88 Å². The maximum absolute atomic E-state index is 8.51. The number of nitrogens with two attached hydrogens (primary N) is 2. The predicted molar refractivity (Wildman–Crippen MR) is 30.7 cm³/mol. The van der Waals surface area contributed by atoms with Crippen LogP contribution in [0.5, 0.6) is 0 Å². The first-order chi connectivity index (χ1) is 3.72. The van der Waals surface area contributed by atoms with Crippen LogP contribution >= 0.6 is 0 Å². The Morgan fingerprint density at radius 2 is 2.25 bits per heavy atom. The van der Waals surface area contributed by atoms with Crippen molar-refractivity contribution >= 4 is 6.72 Å². The fourth-order valence-electron chi connectivity index (χ4n) is 0.150. The van der Waals surface area contributed by atoms with Gasteiger partial charge in [-0.3, -0.25) is 0 Å². The van der Waals surface area contributed by atoms with E-state index in [0.717, 1.165) is 0 Å². The van der Waals surface area contributed by atoms with Gasteiger partial charge < -0.3 is 16.3 Å². The molecule has 0 aromatic carbocycles. The molecular weight excluding hydrogens is 108 g/mol. The molecule has 6 N–H and O–H groups in total. The number of aliphatic hydroxyl groups excluding tert-OH is 1. The van der Waals surface area contributed by atoms with Crippen molar-refractivity contribution in [1.82, 2.24) is 5.43 Å². The number of nitrogens with one attached hydrogen (secondary N) is 1. The quantitative estimate of drug-likeness (QED) is 0.157. The highest BCUT2D eigenvalue weighted by molar-refractivity contribution is 5.27. The molecule has 0 heterocycles. The molecule has 0 atom stereocenters. The van der Waals surface area contributed by atoms with Crippen LogP contribution in [-0.4, -0.2) is 11.8 Å². The molecule has 0 aromatic heterocycles. The molecular formula is C3H8N4O. The Morgan fingerprint density at radius 1 is 1.75 bits per heavy atom. The third kappa shape index (κ3) is 1.48. The first-order valence-corrected chi connectivity index (χ1v) is 1.84. The van der Waals surface area contributed by atoms with Crippen LogP contribution < -0.4 is 17.0 Å². The number of hydrazine groups is 1. The fraction of sp³-hybridized carbons (Fsp3) is 0. The van der Waals surface area contributed by atoms with Gasteiger partial charge in [-0.15, -0.1) is 0 Å². The van der Waals surface area contributed by atoms with E-state index in [1.807, 2.05) is 5.43 Å². The SMILES string of the molecule is C=N/C(O)=C(/N)NN. The average molecular weight is 116 g/mol. The van der Waals surface area contributed by atoms with Crippen molar-refractivity contribution in [2.24, 2.45) is 16.6 Å². The summed E-state index contributed by atoms with van der Waals surface area (Å²) in [5.41, 5.74) is 6.98. The van der Waals surface area contributed by atoms with Gasteiger partial charge in [0, 0.05) is 0 Å². The van der Waals surface area contributed by atoms with Gasteiger partial charge in [-0.05, 0) is 6.72 Å². The Bertz CT molecular complexity index is 118. The Labute approximate surface area is 46.7 Å². The lowest BCUT2D eigenvalue weighted by Gasteiger charge is -1.96. The summed E-state index contributed by atoms with van der Waals surface area (Å²) in [5.74, 6) is 4.27. The van der Waals surface area contributed by atoms with Crippen molar-refractivity contribution in [2.45, 2.75) is 0 Å². The van der Waals surface area contributed by atoms with Crippen molar-refractivity contribution in [3.63, 3.8) is 0 Å². The standard InChI is InChI=1S/C3H8N4O/c1-6-3(8)2(4)7-5/h7-8H,1,4-5H2/b3-2+. The second-order valence-electron chi connectivity index (χ2n) is 1.04. The number of aliphatic imine (C=N–C) groups is 1. The average Bonchev–Trinajstić information content (AvgIpc) is 1.84. The van der Waals surface area contributed by atoms with E-state index in [-0.39, 0.29) is 5.82 Å². The second-order valence-corrected chi connectivity index (χ2v) is 1.04. The van der Waals surface area contributed by atoms with Gasteiger partial charge in [0.2, 0.25) is 0 Å². The largest absolute Gasteiger partial charge is 0.491 e. The summed E-state index contributed by atoms with van der Waals surface area (Å²) in [6.07, 6.45) is 0. The van der Waals surface area contributed by atoms with Crippen LogP contribution in [0.25, 0.3) is 0 Å². The van der Waals surface area contributed by atoms with Crippen LogP contribution in [0.4, 0.5) is 0 Å². The molecule has 0 aliphatic rings. The Balaban J connectivity index is 4.03. The highest BCUT2D eigenvalue weighted by Crippen LogP contribution is 1.86. The molecule has 0 spiro atoms. The molecule has 0 unspecified atom stereocenters. The van der Waals surface area contributed by atoms with Crippen molar-refractivity contribution in [1.29, 1.82) is 0 Å². The summed E-state index contributed by atoms with van der Waals surface area (Å²) < 4.78 is 0. The van der Waals surface area contributed by atoms with Gasteiger partial charge in [-0.25, -0.2) is 10.8 Å². The van der Waals surface area contributed by atoms with Crippen LogP contribution in [0.1, 0.15) is 0 Å². The zero-order valence-corrected chi connectivity index (χ0v) is 4.26. The van der Waals surface area contributed by atoms with Gasteiger partial charge in [0.15, 0.2) is 5.82 Å². The molecule has 5 nitrogen and oxygen atoms in total. The maximum atomic E-state index is 8.51. The molecule has 0 radical (unpaired) electrons. The van der Waals surface area contributed by atoms with Gasteiger partial charge in [-0.1, -0.05) is 0 Å². The molecule has 8 heavy (non-hydrogen) atoms. The van der Waals surface area contributed by atoms with E-state index in [9.17, 15) is 0 Å². The Hall–Kier alpha value is -1.23. The smallest absolute Gasteiger partial charge is 0.253 e. The minimum absolute atomic E-state index is 0.0972. The molecule has 5 heteroatoms. The Kier molecular flexibility index (Phi) is 2.42. The zero-order valence-electron chi connectivity index (χ0n) is 4.26. The lowest BCUT2D eigenvalue weighted by atomic mass is 10.7. The van der Waals surface area contributed by atoms with Crippen molar-refractivity contribution in [3.05, 3.63) is 11.7 Å². The van der Waals surface area contributed by atoms with E-state index in [1.54, 1.807) is 0 Å². The maximum Gasteiger partial charge on any atom is 0.253 e. The van der Waals surface area contributed by atoms with Crippen LogP contribution in [0, 0.1) is 0 Å². The van der Waals surface area contributed by atoms with E-state index in [0.29, 0.717) is 0 Å². The lowest BCUT2D eigenvalue weighted by Crippen LogP contribution is -2.28. The summed E-state index contributed by atoms with van der Waals surface area (Å²) in [4.78, 5) is 3.08. The summed E-state index contributed by atoms with van der Waals surface area (Å²) in [6, 6.07) is 0. The van der Waals surface area contributed by atoms with E-state index in [2.05, 4.69) is 11.7 Å². The topological polar surface area (TPSA) is 96.7 Å². The lowest BCUT2D eigenvalue weighted by molar-refractivity contribution is 0.393. The minimum atomic E-state index is -0.396. The van der Waals surface area contributed by atoms with Gasteiger partial charge >= 0.3 is 0 Å². The molecule has 46 valence electrons. The summed E-state index contributed by atoms with van der Waals surface area (Å²) in [7, 11) is 0. The predicted octanol–water partition coefficient (Wildman–Crippen LogP) is -1.21. The number of rotatable bonds is 2. The molecule has 0 bridgehead atoms. The second kappa shape index (κ2) is 2.86. The van der Waals surface area contributed by atoms with Crippen LogP contribution in [0.2, 0.25) is 0 Å². The van der Waals surface area contributed by atoms with Crippen LogP contribution in [-0.2, 0) is 0 Å². The van der Waals surface area contributed by atoms with Gasteiger partial charge in [-0.2, -0.15) is 0 Å². The van der Waals surface area contributed by atoms with Crippen molar-refractivity contribution in [3.8, 4) is 0 Å². The van der Waals surface area contributed by atoms with E-state index in [1.165, 1.54) is 0 Å². The number of hydrogen-bond donors (Lipinski definition) is 4. The molecule has 0 saturated heterocycles. The molecule has 0 rings (SSSR count). The third-order valence-corrected chi connectivity index (χ3v) is 0.546. The third-order valence-electron chi connectivity index (χ3n) is 0.546. The molecule has 0 fully saturated rings. The first-order valence-electron chi connectivity index (χ1n) is 1.84. The van der Waals surface area contributed by atoms with Gasteiger partial charge in [0.1, 0.15) is 0 Å². The van der Waals surface area contributed by atoms with Crippen molar-refractivity contribution < 1.29 is 5.11 Å². The first kappa shape index (κ1) is 6.77. The monoisotopic (exact) mass is 116 g/mol. The molecule has 0 aromatic rings. The van der Waals surface area contributed by atoms with Gasteiger partial charge in [0.25, 0.3) is 5.88 Å². The highest BCUT2D eigenvalue weighted by Gasteiger charge is 1.91. The van der Waals surface area contributed by atoms with Gasteiger partial charge in [0.05, 0.1) is 0 Å². The highest BCUT2D eigenvalue weighted by atomic mass is 16.3. The zero-order chi connectivity index (χ0) is 6.57. The summed E-state index contributed by atoms with van der Waals surface area (Å²) in [5, 5.41) is 8.51. The minimum Gasteiger partial charge on any atom is -0.491 e. The molecule has 0 aliphatic carbocycles. The van der Waals surface area contributed by atoms with E-state index >= 15 is 0 Å². The van der Waals surface area contributed by atoms with Crippen molar-refractivity contribution in [2.75, 3.05) is 0 Å². The summed E-state index contributed by atoms with van der Waals surface area (Å²) in [6.45, 7) is 3.00. The number of aliphatic hydroxyl groups is 1. The van der Waals surface area contributed by atoms with E-state index in [4.69, 9.17) is 16.7 Å². The fourth-order valence-corrected chi connectivity index (χ4v) is 0.150. The van der Waals surface area contributed by atoms with Crippen LogP contribution in [0.3, 0.4) is 0 Å². The number of nitrogens with zero attached hydrogens (tertiary/aromatic N) is 1. The Morgan fingerprint density at radius 3 is 2.38 bits per heavy atom. The normalized spacial score (nSPS) is 12.1. The number of hydrogen-bond acceptors (Lipinski definition) is 5.